The first-order chi connectivity index (χ1) is 28.4. The molecule has 0 radical (unpaired) electrons. The van der Waals surface area contributed by atoms with Gasteiger partial charge in [-0.3, -0.25) is 9.13 Å². The van der Waals surface area contributed by atoms with Crippen LogP contribution in [0.3, 0.4) is 0 Å². The van der Waals surface area contributed by atoms with Crippen molar-refractivity contribution >= 4 is 65.4 Å². The third-order valence-electron chi connectivity index (χ3n) is 11.7. The summed E-state index contributed by atoms with van der Waals surface area (Å²) in [4.78, 5) is 5.84. The summed E-state index contributed by atoms with van der Waals surface area (Å²) in [7, 11) is 0. The Morgan fingerprint density at radius 2 is 0.862 bits per heavy atom. The van der Waals surface area contributed by atoms with Crippen molar-refractivity contribution in [2.75, 3.05) is 0 Å². The predicted molar refractivity (Wildman–Crippen MR) is 236 cm³/mol. The topological polar surface area (TPSA) is 75.3 Å². The lowest BCUT2D eigenvalue weighted by Crippen LogP contribution is -2.11. The Bertz CT molecular complexity index is 3640. The van der Waals surface area contributed by atoms with Crippen LogP contribution in [0.2, 0.25) is 0 Å². The van der Waals surface area contributed by atoms with Crippen molar-refractivity contribution in [2.45, 2.75) is 20.8 Å². The van der Waals surface area contributed by atoms with E-state index in [0.717, 1.165) is 93.9 Å². The number of nitrogens with zero attached hydrogens (tertiary/aromatic N) is 6. The third-order valence-corrected chi connectivity index (χ3v) is 11.7. The van der Waals surface area contributed by atoms with Crippen molar-refractivity contribution < 1.29 is 0 Å². The Hall–Kier alpha value is -7.93. The van der Waals surface area contributed by atoms with Crippen molar-refractivity contribution in [3.8, 4) is 40.6 Å². The molecule has 6 nitrogen and oxygen atoms in total. The molecule has 272 valence electrons. The molecular formula is C52H34N6. The van der Waals surface area contributed by atoms with E-state index in [4.69, 9.17) is 4.98 Å². The molecule has 0 N–H and O–H groups in total. The summed E-state index contributed by atoms with van der Waals surface area (Å²) >= 11 is 0. The Kier molecular flexibility index (Phi) is 7.23. The molecule has 11 aromatic rings. The van der Waals surface area contributed by atoms with Crippen molar-refractivity contribution in [3.05, 3.63) is 179 Å². The molecule has 0 aliphatic rings. The summed E-state index contributed by atoms with van der Waals surface area (Å²) in [5, 5.41) is 27.3. The fourth-order valence-electron chi connectivity index (χ4n) is 9.10. The second kappa shape index (κ2) is 12.5. The number of benzene rings is 7. The number of aryl methyl sites for hydroxylation is 3. The first kappa shape index (κ1) is 33.4. The van der Waals surface area contributed by atoms with Crippen LogP contribution in [-0.2, 0) is 0 Å². The van der Waals surface area contributed by atoms with Crippen LogP contribution in [0.1, 0.15) is 27.8 Å². The van der Waals surface area contributed by atoms with Crippen molar-refractivity contribution in [3.63, 3.8) is 0 Å². The van der Waals surface area contributed by atoms with E-state index < -0.39 is 0 Å². The highest BCUT2D eigenvalue weighted by atomic mass is 15.2. The molecule has 0 bridgehead atoms. The Morgan fingerprint density at radius 3 is 1.40 bits per heavy atom. The van der Waals surface area contributed by atoms with E-state index in [2.05, 4.69) is 180 Å². The van der Waals surface area contributed by atoms with Crippen molar-refractivity contribution in [1.29, 1.82) is 10.5 Å². The highest BCUT2D eigenvalue weighted by Crippen LogP contribution is 2.44. The number of fused-ring (bicyclic) bond motifs is 9. The molecule has 0 aliphatic carbocycles. The molecule has 58 heavy (non-hydrogen) atoms. The van der Waals surface area contributed by atoms with Gasteiger partial charge in [0, 0.05) is 37.9 Å². The number of hydrogen-bond donors (Lipinski definition) is 0. The summed E-state index contributed by atoms with van der Waals surface area (Å²) in [5.74, 6) is 1.48. The molecule has 0 saturated heterocycles. The molecule has 6 heteroatoms. The molecule has 0 saturated carbocycles. The lowest BCUT2D eigenvalue weighted by Gasteiger charge is -2.22. The van der Waals surface area contributed by atoms with Gasteiger partial charge in [-0.1, -0.05) is 95.6 Å². The quantitative estimate of drug-likeness (QED) is 0.180. The van der Waals surface area contributed by atoms with Crippen LogP contribution in [0.4, 0.5) is 0 Å². The summed E-state index contributed by atoms with van der Waals surface area (Å²) < 4.78 is 6.93. The van der Waals surface area contributed by atoms with Crippen LogP contribution in [-0.4, -0.2) is 18.7 Å². The molecule has 4 heterocycles. The normalized spacial score (nSPS) is 11.7. The molecular weight excluding hydrogens is 709 g/mol. The van der Waals surface area contributed by atoms with Gasteiger partial charge in [-0.2, -0.15) is 10.5 Å². The minimum absolute atomic E-state index is 0.323. The number of rotatable bonds is 4. The van der Waals surface area contributed by atoms with E-state index in [0.29, 0.717) is 11.1 Å². The van der Waals surface area contributed by atoms with Gasteiger partial charge in [0.15, 0.2) is 5.82 Å². The maximum absolute atomic E-state index is 10.4. The summed E-state index contributed by atoms with van der Waals surface area (Å²) in [5.41, 5.74) is 13.0. The van der Waals surface area contributed by atoms with Gasteiger partial charge >= 0.3 is 0 Å². The van der Waals surface area contributed by atoms with Crippen LogP contribution in [0.5, 0.6) is 0 Å². The van der Waals surface area contributed by atoms with Crippen LogP contribution in [0, 0.1) is 43.4 Å². The molecule has 0 spiro atoms. The maximum Gasteiger partial charge on any atom is 0.165 e. The van der Waals surface area contributed by atoms with Crippen LogP contribution in [0.15, 0.2) is 152 Å². The fourth-order valence-corrected chi connectivity index (χ4v) is 9.10. The van der Waals surface area contributed by atoms with E-state index in [-0.39, 0.29) is 0 Å². The molecule has 11 rings (SSSR count). The van der Waals surface area contributed by atoms with Crippen molar-refractivity contribution in [2.24, 2.45) is 0 Å². The third kappa shape index (κ3) is 4.79. The summed E-state index contributed by atoms with van der Waals surface area (Å²) in [6, 6.07) is 57.8. The van der Waals surface area contributed by atoms with E-state index in [9.17, 15) is 10.5 Å². The smallest absolute Gasteiger partial charge is 0.165 e. The van der Waals surface area contributed by atoms with E-state index in [1.165, 1.54) is 16.7 Å². The SMILES string of the molecule is Cc1ccc2c(c1)c1ccccc1n2-c1cc(-c2ccc(C#N)c(C#N)c2)c(-n2c3ccccc3c3cc(C)ccc32)c(-n2c3ccccc3c3cc(C)ccc32)n1. The minimum Gasteiger partial charge on any atom is -0.305 e. The monoisotopic (exact) mass is 742 g/mol. The highest BCUT2D eigenvalue weighted by molar-refractivity contribution is 6.13. The number of hydrogen-bond acceptors (Lipinski definition) is 3. The zero-order valence-corrected chi connectivity index (χ0v) is 32.1. The molecule has 0 aliphatic heterocycles. The van der Waals surface area contributed by atoms with E-state index in [1.54, 1.807) is 6.07 Å². The van der Waals surface area contributed by atoms with E-state index >= 15 is 0 Å². The number of aromatic nitrogens is 4. The number of nitriles is 2. The lowest BCUT2D eigenvalue weighted by atomic mass is 9.98. The average molecular weight is 743 g/mol. The second-order valence-electron chi connectivity index (χ2n) is 15.3. The van der Waals surface area contributed by atoms with E-state index in [1.807, 2.05) is 12.1 Å². The van der Waals surface area contributed by atoms with Gasteiger partial charge in [0.2, 0.25) is 0 Å². The minimum atomic E-state index is 0.323. The lowest BCUT2D eigenvalue weighted by molar-refractivity contribution is 0.984. The predicted octanol–water partition coefficient (Wildman–Crippen LogP) is 12.7. The van der Waals surface area contributed by atoms with Crippen molar-refractivity contribution in [1.82, 2.24) is 18.7 Å². The molecule has 0 atom stereocenters. The van der Waals surface area contributed by atoms with Crippen LogP contribution >= 0.6 is 0 Å². The number of para-hydroxylation sites is 3. The van der Waals surface area contributed by atoms with Gasteiger partial charge in [0.05, 0.1) is 49.9 Å². The standard InChI is InChI=1S/C52H34N6/c1-31-16-21-47-41(24-31)37-10-4-7-13-44(37)56(47)50-28-40(34-19-20-35(29-53)36(27-34)30-54)51(57-45-14-8-5-11-38(45)42-25-32(2)17-22-48(42)57)52(55-50)58-46-15-9-6-12-39(46)43-26-33(3)18-23-49(43)58/h4-28H,1-3H3. The van der Waals surface area contributed by atoms with Crippen LogP contribution < -0.4 is 0 Å². The maximum atomic E-state index is 10.4. The Labute approximate surface area is 334 Å². The van der Waals surface area contributed by atoms with Gasteiger partial charge < -0.3 is 4.57 Å². The fraction of sp³-hybridized carbons (Fsp3) is 0.0577. The number of pyridine rings is 1. The summed E-state index contributed by atoms with van der Waals surface area (Å²) in [6.45, 7) is 6.39. The van der Waals surface area contributed by atoms with Gasteiger partial charge in [0.1, 0.15) is 18.0 Å². The zero-order chi connectivity index (χ0) is 39.2. The average Bonchev–Trinajstić information content (AvgIpc) is 3.88. The Balaban J connectivity index is 1.41. The van der Waals surface area contributed by atoms with Gasteiger partial charge in [-0.05, 0) is 99.1 Å². The van der Waals surface area contributed by atoms with Gasteiger partial charge in [-0.25, -0.2) is 4.98 Å². The molecule has 0 amide bonds. The first-order valence-electron chi connectivity index (χ1n) is 19.4. The molecule has 4 aromatic heterocycles. The largest absolute Gasteiger partial charge is 0.305 e. The zero-order valence-electron chi connectivity index (χ0n) is 32.1. The Morgan fingerprint density at radius 1 is 0.414 bits per heavy atom. The summed E-state index contributed by atoms with van der Waals surface area (Å²) in [6.07, 6.45) is 0. The molecule has 0 fully saturated rings. The highest BCUT2D eigenvalue weighted by Gasteiger charge is 2.27. The van der Waals surface area contributed by atoms with Crippen LogP contribution in [0.25, 0.3) is 93.9 Å². The van der Waals surface area contributed by atoms with Gasteiger partial charge in [0.25, 0.3) is 0 Å². The molecule has 7 aromatic carbocycles. The molecule has 0 unspecified atom stereocenters. The first-order valence-corrected chi connectivity index (χ1v) is 19.4. The van der Waals surface area contributed by atoms with Gasteiger partial charge in [-0.15, -0.1) is 0 Å². The second-order valence-corrected chi connectivity index (χ2v) is 15.3.